The van der Waals surface area contributed by atoms with Crippen molar-refractivity contribution in [2.75, 3.05) is 0 Å². The Labute approximate surface area is 38.6 Å². The molecule has 5 heavy (non-hydrogen) atoms. The zero-order valence-corrected chi connectivity index (χ0v) is 4.70. The summed E-state index contributed by atoms with van der Waals surface area (Å²) in [7, 11) is -1.81. The molecule has 34 valence electrons. The largest absolute Gasteiger partial charge is 0.412 e. The van der Waals surface area contributed by atoms with Crippen molar-refractivity contribution < 1.29 is 15.3 Å². The van der Waals surface area contributed by atoms with Crippen LogP contribution in [0.15, 0.2) is 0 Å². The molecule has 0 aliphatic carbocycles. The lowest BCUT2D eigenvalue weighted by molar-refractivity contribution is 0.507. The van der Waals surface area contributed by atoms with Gasteiger partial charge in [-0.25, -0.2) is 0 Å². The molecule has 0 atom stereocenters. The van der Waals surface area contributed by atoms with E-state index >= 15 is 0 Å². The maximum Gasteiger partial charge on any atom is 0.241 e. The van der Waals surface area contributed by atoms with Crippen molar-refractivity contribution in [2.24, 2.45) is 0 Å². The molecule has 0 bridgehead atoms. The molecule has 0 saturated carbocycles. The average Bonchev–Trinajstić information content (AvgIpc) is 0.811. The van der Waals surface area contributed by atoms with Gasteiger partial charge >= 0.3 is 0 Å². The second kappa shape index (κ2) is 4.79. The topological polar surface area (TPSA) is 72.0 Å². The van der Waals surface area contributed by atoms with Crippen LogP contribution >= 0.6 is 22.6 Å². The fraction of sp³-hybridized carbons (Fsp3) is 0. The van der Waals surface area contributed by atoms with Gasteiger partial charge in [-0.2, -0.15) is 0 Å². The summed E-state index contributed by atoms with van der Waals surface area (Å²) in [5.41, 5.74) is 0. The Morgan fingerprint density at radius 3 is 1.40 bits per heavy atom. The van der Waals surface area contributed by atoms with E-state index in [2.05, 4.69) is 15.5 Å². The van der Waals surface area contributed by atoms with Crippen molar-refractivity contribution >= 4 is 22.6 Å². The Bertz CT molecular complexity index is 11.6. The number of hydrogen-bond donors (Lipinski definition) is 2. The third-order valence-corrected chi connectivity index (χ3v) is 0. The highest BCUT2D eigenvalue weighted by atomic mass is 79.9. The van der Waals surface area contributed by atoms with Crippen LogP contribution in [0.25, 0.3) is 0 Å². The SMILES string of the molecule is O.OP(O)Br. The van der Waals surface area contributed by atoms with E-state index in [9.17, 15) is 0 Å². The smallest absolute Gasteiger partial charge is 0.241 e. The summed E-state index contributed by atoms with van der Waals surface area (Å²) in [5, 5.41) is 0. The molecule has 5 heteroatoms. The van der Waals surface area contributed by atoms with Gasteiger partial charge in [0.15, 0.2) is 0 Å². The molecule has 0 fully saturated rings. The minimum atomic E-state index is -1.81. The lowest BCUT2D eigenvalue weighted by Gasteiger charge is -1.75. The minimum absolute atomic E-state index is 0. The Morgan fingerprint density at radius 1 is 1.40 bits per heavy atom. The molecule has 0 saturated heterocycles. The first kappa shape index (κ1) is 9.25. The summed E-state index contributed by atoms with van der Waals surface area (Å²) in [6.45, 7) is 0. The Morgan fingerprint density at radius 2 is 1.40 bits per heavy atom. The first-order valence-corrected chi connectivity index (χ1v) is 3.83. The molecule has 0 rings (SSSR count). The standard InChI is InChI=1S/BrH2O2P.H2O/c1-4(2)3;/h2-3H;1H2. The van der Waals surface area contributed by atoms with Gasteiger partial charge in [-0.05, 0) is 0 Å². The van der Waals surface area contributed by atoms with Crippen LogP contribution in [0.2, 0.25) is 0 Å². The van der Waals surface area contributed by atoms with Crippen LogP contribution < -0.4 is 0 Å². The van der Waals surface area contributed by atoms with E-state index in [0.717, 1.165) is 0 Å². The number of halogens is 1. The van der Waals surface area contributed by atoms with Gasteiger partial charge in [0.25, 0.3) is 0 Å². The second-order valence-electron chi connectivity index (χ2n) is 0.241. The highest BCUT2D eigenvalue weighted by Gasteiger charge is 1.76. The predicted molar refractivity (Wildman–Crippen MR) is 23.9 cm³/mol. The third-order valence-electron chi connectivity index (χ3n) is 0. The summed E-state index contributed by atoms with van der Waals surface area (Å²) in [5.74, 6) is 0. The minimum Gasteiger partial charge on any atom is -0.412 e. The van der Waals surface area contributed by atoms with Crippen molar-refractivity contribution in [1.82, 2.24) is 0 Å². The van der Waals surface area contributed by atoms with Crippen LogP contribution in [0.5, 0.6) is 0 Å². The maximum absolute atomic E-state index is 7.59. The van der Waals surface area contributed by atoms with Crippen LogP contribution in [-0.2, 0) is 0 Å². The zero-order valence-electron chi connectivity index (χ0n) is 2.22. The Kier molecular flexibility index (Phi) is 8.86. The van der Waals surface area contributed by atoms with Crippen molar-refractivity contribution in [2.45, 2.75) is 0 Å². The third kappa shape index (κ3) is 59.7. The molecule has 4 N–H and O–H groups in total. The van der Waals surface area contributed by atoms with E-state index in [-0.39, 0.29) is 5.48 Å². The molecule has 0 heterocycles. The second-order valence-corrected chi connectivity index (χ2v) is 2.63. The molecule has 0 aliphatic heterocycles. The van der Waals surface area contributed by atoms with Crippen molar-refractivity contribution in [3.8, 4) is 0 Å². The summed E-state index contributed by atoms with van der Waals surface area (Å²) >= 11 is 2.45. The molecular formula is H4BrO3P. The van der Waals surface area contributed by atoms with Crippen LogP contribution in [0.4, 0.5) is 0 Å². The van der Waals surface area contributed by atoms with Gasteiger partial charge in [0.2, 0.25) is 7.08 Å². The van der Waals surface area contributed by atoms with Gasteiger partial charge in [-0.15, -0.1) is 0 Å². The van der Waals surface area contributed by atoms with E-state index in [1.165, 1.54) is 0 Å². The van der Waals surface area contributed by atoms with Gasteiger partial charge in [0.1, 0.15) is 0 Å². The molecule has 0 unspecified atom stereocenters. The van der Waals surface area contributed by atoms with E-state index in [0.29, 0.717) is 0 Å². The van der Waals surface area contributed by atoms with E-state index in [1.54, 1.807) is 0 Å². The Hall–Kier alpha value is 0.790. The van der Waals surface area contributed by atoms with E-state index < -0.39 is 7.08 Å². The molecule has 0 aromatic heterocycles. The normalized spacial score (nSPS) is 7.20. The van der Waals surface area contributed by atoms with Crippen LogP contribution in [0, 0.1) is 0 Å². The molecule has 0 amide bonds. The summed E-state index contributed by atoms with van der Waals surface area (Å²) < 4.78 is 0. The molecular weight excluding hydrogens is 159 g/mol. The summed E-state index contributed by atoms with van der Waals surface area (Å²) in [6, 6.07) is 0. The van der Waals surface area contributed by atoms with Crippen LogP contribution in [0.1, 0.15) is 0 Å². The van der Waals surface area contributed by atoms with Crippen LogP contribution in [-0.4, -0.2) is 15.3 Å². The fourth-order valence-electron chi connectivity index (χ4n) is 0. The zero-order chi connectivity index (χ0) is 3.58. The maximum atomic E-state index is 7.59. The van der Waals surface area contributed by atoms with Crippen molar-refractivity contribution in [1.29, 1.82) is 0 Å². The monoisotopic (exact) mass is 162 g/mol. The first-order chi connectivity index (χ1) is 1.73. The highest BCUT2D eigenvalue weighted by molar-refractivity contribution is 9.38. The molecule has 0 aliphatic rings. The van der Waals surface area contributed by atoms with E-state index in [1.807, 2.05) is 0 Å². The molecule has 0 radical (unpaired) electrons. The lowest BCUT2D eigenvalue weighted by Crippen LogP contribution is -1.39. The molecule has 0 spiro atoms. The molecule has 0 aromatic carbocycles. The van der Waals surface area contributed by atoms with Crippen LogP contribution in [0.3, 0.4) is 0 Å². The van der Waals surface area contributed by atoms with Gasteiger partial charge in [0.05, 0.1) is 0 Å². The van der Waals surface area contributed by atoms with Crippen molar-refractivity contribution in [3.05, 3.63) is 0 Å². The number of rotatable bonds is 0. The highest BCUT2D eigenvalue weighted by Crippen LogP contribution is 2.31. The number of hydrogen-bond acceptors (Lipinski definition) is 2. The van der Waals surface area contributed by atoms with Crippen molar-refractivity contribution in [3.63, 3.8) is 0 Å². The van der Waals surface area contributed by atoms with Gasteiger partial charge in [-0.3, -0.25) is 0 Å². The van der Waals surface area contributed by atoms with E-state index in [4.69, 9.17) is 9.79 Å². The quantitative estimate of drug-likeness (QED) is 0.484. The Balaban J connectivity index is 0. The molecule has 0 aromatic rings. The lowest BCUT2D eigenvalue weighted by atomic mass is 15.9. The van der Waals surface area contributed by atoms with Gasteiger partial charge in [0, 0.05) is 15.5 Å². The van der Waals surface area contributed by atoms with Gasteiger partial charge in [-0.1, -0.05) is 0 Å². The average molecular weight is 163 g/mol. The predicted octanol–water partition coefficient (Wildman–Crippen LogP) is -0.232. The first-order valence-electron chi connectivity index (χ1n) is 0.569. The summed E-state index contributed by atoms with van der Waals surface area (Å²) in [6.07, 6.45) is 0. The van der Waals surface area contributed by atoms with Gasteiger partial charge < -0.3 is 15.3 Å². The summed E-state index contributed by atoms with van der Waals surface area (Å²) in [4.78, 5) is 15.2. The fourth-order valence-corrected chi connectivity index (χ4v) is 0. The molecule has 3 nitrogen and oxygen atoms in total.